The second-order valence-corrected chi connectivity index (χ2v) is 4.37. The predicted molar refractivity (Wildman–Crippen MR) is 66.4 cm³/mol. The Kier molecular flexibility index (Phi) is 5.35. The number of hydrogen-bond acceptors (Lipinski definition) is 3. The molecule has 0 bridgehead atoms. The van der Waals surface area contributed by atoms with Gasteiger partial charge in [-0.25, -0.2) is 0 Å². The normalized spacial score (nSPS) is 12.6. The standard InChI is InChI=1S/C11H15Cl2NO2/c1-7(15)5-14-6-8-3-10(13)11(16-2)4-9(8)12/h3-4,7,14-15H,5-6H2,1-2H3. The zero-order valence-electron chi connectivity index (χ0n) is 9.26. The summed E-state index contributed by atoms with van der Waals surface area (Å²) in [5, 5.41) is 13.3. The van der Waals surface area contributed by atoms with Crippen molar-refractivity contribution in [3.63, 3.8) is 0 Å². The highest BCUT2D eigenvalue weighted by Gasteiger charge is 2.07. The average molecular weight is 264 g/mol. The van der Waals surface area contributed by atoms with Crippen LogP contribution < -0.4 is 10.1 Å². The Morgan fingerprint density at radius 1 is 1.38 bits per heavy atom. The first kappa shape index (κ1) is 13.6. The van der Waals surface area contributed by atoms with E-state index in [4.69, 9.17) is 33.0 Å². The molecule has 1 atom stereocenters. The molecule has 0 saturated carbocycles. The number of nitrogens with one attached hydrogen (secondary N) is 1. The Morgan fingerprint density at radius 3 is 2.62 bits per heavy atom. The van der Waals surface area contributed by atoms with E-state index >= 15 is 0 Å². The van der Waals surface area contributed by atoms with Crippen LogP contribution in [-0.4, -0.2) is 24.9 Å². The van der Waals surface area contributed by atoms with Crippen LogP contribution in [0.1, 0.15) is 12.5 Å². The molecule has 0 aliphatic heterocycles. The van der Waals surface area contributed by atoms with Crippen molar-refractivity contribution >= 4 is 23.2 Å². The van der Waals surface area contributed by atoms with Crippen LogP contribution in [0.5, 0.6) is 5.75 Å². The minimum Gasteiger partial charge on any atom is -0.495 e. The molecule has 2 N–H and O–H groups in total. The summed E-state index contributed by atoms with van der Waals surface area (Å²) in [6, 6.07) is 3.45. The fourth-order valence-electron chi connectivity index (χ4n) is 1.28. The van der Waals surface area contributed by atoms with Gasteiger partial charge in [-0.15, -0.1) is 0 Å². The predicted octanol–water partition coefficient (Wildman–Crippen LogP) is 2.47. The summed E-state index contributed by atoms with van der Waals surface area (Å²) in [7, 11) is 1.54. The topological polar surface area (TPSA) is 41.5 Å². The third-order valence-corrected chi connectivity index (χ3v) is 2.72. The Morgan fingerprint density at radius 2 is 2.06 bits per heavy atom. The summed E-state index contributed by atoms with van der Waals surface area (Å²) in [5.74, 6) is 0.561. The minimum absolute atomic E-state index is 0.382. The molecule has 0 amide bonds. The summed E-state index contributed by atoms with van der Waals surface area (Å²) in [6.45, 7) is 2.79. The summed E-state index contributed by atoms with van der Waals surface area (Å²) in [5.41, 5.74) is 0.883. The van der Waals surface area contributed by atoms with E-state index in [0.29, 0.717) is 28.9 Å². The highest BCUT2D eigenvalue weighted by atomic mass is 35.5. The first-order valence-corrected chi connectivity index (χ1v) is 5.71. The lowest BCUT2D eigenvalue weighted by molar-refractivity contribution is 0.191. The Balaban J connectivity index is 2.70. The monoisotopic (exact) mass is 263 g/mol. The largest absolute Gasteiger partial charge is 0.495 e. The molecule has 0 heterocycles. The molecular weight excluding hydrogens is 249 g/mol. The number of hydrogen-bond donors (Lipinski definition) is 2. The zero-order chi connectivity index (χ0) is 12.1. The Labute approximate surface area is 105 Å². The van der Waals surface area contributed by atoms with Crippen molar-refractivity contribution in [2.45, 2.75) is 19.6 Å². The lowest BCUT2D eigenvalue weighted by atomic mass is 10.2. The van der Waals surface area contributed by atoms with Crippen molar-refractivity contribution in [1.29, 1.82) is 0 Å². The molecule has 1 aromatic rings. The van der Waals surface area contributed by atoms with E-state index in [9.17, 15) is 0 Å². The number of aliphatic hydroxyl groups excluding tert-OH is 1. The third-order valence-electron chi connectivity index (χ3n) is 2.08. The lowest BCUT2D eigenvalue weighted by Crippen LogP contribution is -2.23. The molecule has 0 aliphatic carbocycles. The maximum Gasteiger partial charge on any atom is 0.138 e. The summed E-state index contributed by atoms with van der Waals surface area (Å²) in [4.78, 5) is 0. The molecule has 0 aromatic heterocycles. The van der Waals surface area contributed by atoms with Gasteiger partial charge in [0.15, 0.2) is 0 Å². The average Bonchev–Trinajstić information content (AvgIpc) is 2.22. The molecule has 1 rings (SSSR count). The van der Waals surface area contributed by atoms with E-state index in [1.165, 1.54) is 0 Å². The fourth-order valence-corrected chi connectivity index (χ4v) is 1.76. The molecule has 3 nitrogen and oxygen atoms in total. The Bertz CT molecular complexity index is 356. The Hall–Kier alpha value is -0.480. The van der Waals surface area contributed by atoms with Crippen molar-refractivity contribution in [2.24, 2.45) is 0 Å². The van der Waals surface area contributed by atoms with Crippen molar-refractivity contribution in [3.05, 3.63) is 27.7 Å². The third kappa shape index (κ3) is 3.83. The van der Waals surface area contributed by atoms with Gasteiger partial charge < -0.3 is 15.2 Å². The van der Waals surface area contributed by atoms with Gasteiger partial charge in [0.25, 0.3) is 0 Å². The van der Waals surface area contributed by atoms with E-state index in [0.717, 1.165) is 5.56 Å². The molecule has 5 heteroatoms. The molecule has 1 unspecified atom stereocenters. The van der Waals surface area contributed by atoms with Crippen LogP contribution in [0.15, 0.2) is 12.1 Å². The van der Waals surface area contributed by atoms with Crippen LogP contribution >= 0.6 is 23.2 Å². The van der Waals surface area contributed by atoms with Crippen LogP contribution in [0.2, 0.25) is 10.0 Å². The molecule has 0 saturated heterocycles. The van der Waals surface area contributed by atoms with E-state index in [1.54, 1.807) is 26.2 Å². The first-order chi connectivity index (χ1) is 7.54. The molecule has 0 aliphatic rings. The van der Waals surface area contributed by atoms with E-state index in [1.807, 2.05) is 0 Å². The number of aliphatic hydroxyl groups is 1. The van der Waals surface area contributed by atoms with Crippen LogP contribution in [0.25, 0.3) is 0 Å². The van der Waals surface area contributed by atoms with E-state index < -0.39 is 0 Å². The molecule has 90 valence electrons. The SMILES string of the molecule is COc1cc(Cl)c(CNCC(C)O)cc1Cl. The minimum atomic E-state index is -0.382. The maximum atomic E-state index is 9.09. The van der Waals surface area contributed by atoms with Gasteiger partial charge in [0.1, 0.15) is 5.75 Å². The van der Waals surface area contributed by atoms with Crippen molar-refractivity contribution in [3.8, 4) is 5.75 Å². The molecule has 0 fully saturated rings. The van der Waals surface area contributed by atoms with Gasteiger partial charge in [-0.05, 0) is 18.6 Å². The van der Waals surface area contributed by atoms with Crippen LogP contribution in [0.4, 0.5) is 0 Å². The quantitative estimate of drug-likeness (QED) is 0.858. The van der Waals surface area contributed by atoms with Gasteiger partial charge in [0.05, 0.1) is 18.2 Å². The second kappa shape index (κ2) is 6.30. The molecule has 0 radical (unpaired) electrons. The van der Waals surface area contributed by atoms with Crippen molar-refractivity contribution in [1.82, 2.24) is 5.32 Å². The smallest absolute Gasteiger partial charge is 0.138 e. The van der Waals surface area contributed by atoms with Gasteiger partial charge in [-0.3, -0.25) is 0 Å². The van der Waals surface area contributed by atoms with Crippen LogP contribution in [0.3, 0.4) is 0 Å². The number of benzene rings is 1. The molecule has 16 heavy (non-hydrogen) atoms. The molecular formula is C11H15Cl2NO2. The van der Waals surface area contributed by atoms with E-state index in [2.05, 4.69) is 5.32 Å². The number of rotatable bonds is 5. The summed E-state index contributed by atoms with van der Waals surface area (Å²) < 4.78 is 5.05. The number of ether oxygens (including phenoxy) is 1. The molecule has 1 aromatic carbocycles. The first-order valence-electron chi connectivity index (χ1n) is 4.95. The molecule has 0 spiro atoms. The summed E-state index contributed by atoms with van der Waals surface area (Å²) in [6.07, 6.45) is -0.382. The van der Waals surface area contributed by atoms with Gasteiger partial charge in [-0.1, -0.05) is 23.2 Å². The van der Waals surface area contributed by atoms with Crippen LogP contribution in [-0.2, 0) is 6.54 Å². The highest BCUT2D eigenvalue weighted by Crippen LogP contribution is 2.30. The van der Waals surface area contributed by atoms with Gasteiger partial charge >= 0.3 is 0 Å². The number of methoxy groups -OCH3 is 1. The van der Waals surface area contributed by atoms with Crippen molar-refractivity contribution in [2.75, 3.05) is 13.7 Å². The van der Waals surface area contributed by atoms with Crippen molar-refractivity contribution < 1.29 is 9.84 Å². The van der Waals surface area contributed by atoms with Gasteiger partial charge in [0, 0.05) is 24.2 Å². The van der Waals surface area contributed by atoms with E-state index in [-0.39, 0.29) is 6.10 Å². The highest BCUT2D eigenvalue weighted by molar-refractivity contribution is 6.34. The number of halogens is 2. The van der Waals surface area contributed by atoms with Gasteiger partial charge in [0.2, 0.25) is 0 Å². The lowest BCUT2D eigenvalue weighted by Gasteiger charge is -2.10. The van der Waals surface area contributed by atoms with Gasteiger partial charge in [-0.2, -0.15) is 0 Å². The second-order valence-electron chi connectivity index (χ2n) is 3.56. The zero-order valence-corrected chi connectivity index (χ0v) is 10.8. The summed E-state index contributed by atoms with van der Waals surface area (Å²) >= 11 is 12.0. The van der Waals surface area contributed by atoms with Crippen LogP contribution in [0, 0.1) is 0 Å². The maximum absolute atomic E-state index is 9.09. The fraction of sp³-hybridized carbons (Fsp3) is 0.455.